The second-order valence-electron chi connectivity index (χ2n) is 13.1. The van der Waals surface area contributed by atoms with Gasteiger partial charge in [0.1, 0.15) is 18.2 Å². The molecule has 10 nitrogen and oxygen atoms in total. The molecule has 3 aliphatic rings. The Morgan fingerprint density at radius 1 is 1.16 bits per heavy atom. The van der Waals surface area contributed by atoms with E-state index >= 15 is 0 Å². The minimum Gasteiger partial charge on any atom is -0.463 e. The molecule has 0 unspecified atom stereocenters. The summed E-state index contributed by atoms with van der Waals surface area (Å²) in [5.41, 5.74) is -0.113. The van der Waals surface area contributed by atoms with E-state index in [0.717, 1.165) is 5.56 Å². The van der Waals surface area contributed by atoms with Crippen LogP contribution in [0.5, 0.6) is 0 Å². The smallest absolute Gasteiger partial charge is 0.306 e. The molecular formula is C38H46ClN3O7. The number of esters is 1. The molecule has 0 saturated carbocycles. The first-order valence-electron chi connectivity index (χ1n) is 17.0. The van der Waals surface area contributed by atoms with Crippen LogP contribution in [0.2, 0.25) is 5.02 Å². The van der Waals surface area contributed by atoms with E-state index in [0.29, 0.717) is 36.4 Å². The molecule has 3 amide bonds. The van der Waals surface area contributed by atoms with Gasteiger partial charge in [-0.15, -0.1) is 13.2 Å². The molecule has 2 aromatic carbocycles. The second kappa shape index (κ2) is 15.7. The Balaban J connectivity index is 1.51. The van der Waals surface area contributed by atoms with Crippen LogP contribution in [0.15, 0.2) is 79.9 Å². The maximum Gasteiger partial charge on any atom is 0.306 e. The molecule has 1 spiro atoms. The highest BCUT2D eigenvalue weighted by Crippen LogP contribution is 2.59. The van der Waals surface area contributed by atoms with Gasteiger partial charge in [-0.1, -0.05) is 86.5 Å². The van der Waals surface area contributed by atoms with Crippen LogP contribution < -0.4 is 10.2 Å². The molecule has 2 aromatic rings. The van der Waals surface area contributed by atoms with Gasteiger partial charge in [-0.05, 0) is 42.9 Å². The molecule has 262 valence electrons. The molecular weight excluding hydrogens is 646 g/mol. The number of carbonyl (C=O) groups is 4. The molecule has 2 N–H and O–H groups in total. The van der Waals surface area contributed by atoms with Crippen molar-refractivity contribution in [3.05, 3.63) is 90.5 Å². The number of benzene rings is 2. The molecule has 11 heteroatoms. The Morgan fingerprint density at radius 3 is 2.53 bits per heavy atom. The zero-order valence-electron chi connectivity index (χ0n) is 28.1. The van der Waals surface area contributed by atoms with E-state index in [1.54, 1.807) is 36.4 Å². The van der Waals surface area contributed by atoms with Gasteiger partial charge >= 0.3 is 5.97 Å². The SMILES string of the molecule is C=CCCC(=O)OC[C@@H](NC(=O)[C@@H]1[C@@H]2CC[C@]3(O2)[C@H](C(=O)N(CC=C)c2ccccc2Cl)N([C@@H](CO)[C@@H](C)CC)C(=O)[C@@H]13)c1ccccc1. The molecule has 3 fully saturated rings. The molecule has 5 rings (SSSR count). The standard InChI is InChI=1S/C38H46ClN3O7/c1-5-8-18-31(44)48-23-27(25-14-10-9-11-15-25)40-35(45)32-30-19-20-38(49-30)33(32)36(46)42(29(22-43)24(4)7-3)34(38)37(47)41(21-6-2)28-17-13-12-16-26(28)39/h5-6,9-17,24,27,29-30,32-34,43H,1-2,7-8,18-23H2,3-4H3,(H,40,45)/t24-,27+,29-,30-,32+,33+,34-,38+/m0/s1. The zero-order chi connectivity index (χ0) is 35.3. The number of fused-ring (bicyclic) bond motifs is 1. The Labute approximate surface area is 293 Å². The summed E-state index contributed by atoms with van der Waals surface area (Å²) in [4.78, 5) is 59.3. The van der Waals surface area contributed by atoms with Crippen molar-refractivity contribution in [3.63, 3.8) is 0 Å². The fraction of sp³-hybridized carbons (Fsp3) is 0.474. The number of ether oxygens (including phenoxy) is 2. The fourth-order valence-electron chi connectivity index (χ4n) is 7.74. The van der Waals surface area contributed by atoms with Crippen molar-refractivity contribution < 1.29 is 33.8 Å². The van der Waals surface area contributed by atoms with Gasteiger partial charge in [0.25, 0.3) is 5.91 Å². The minimum atomic E-state index is -1.30. The summed E-state index contributed by atoms with van der Waals surface area (Å²) in [6.45, 7) is 11.0. The van der Waals surface area contributed by atoms with E-state index in [1.807, 2.05) is 44.2 Å². The molecule has 3 heterocycles. The van der Waals surface area contributed by atoms with Crippen molar-refractivity contribution in [1.82, 2.24) is 10.2 Å². The van der Waals surface area contributed by atoms with Crippen molar-refractivity contribution in [2.24, 2.45) is 17.8 Å². The lowest BCUT2D eigenvalue weighted by Crippen LogP contribution is -2.60. The van der Waals surface area contributed by atoms with Crippen molar-refractivity contribution in [1.29, 1.82) is 0 Å². The number of para-hydroxylation sites is 1. The van der Waals surface area contributed by atoms with Gasteiger partial charge in [0.2, 0.25) is 11.8 Å². The third-order valence-corrected chi connectivity index (χ3v) is 10.6. The van der Waals surface area contributed by atoms with Crippen LogP contribution in [-0.2, 0) is 28.7 Å². The highest BCUT2D eigenvalue weighted by atomic mass is 35.5. The maximum absolute atomic E-state index is 14.9. The second-order valence-corrected chi connectivity index (χ2v) is 13.5. The first-order chi connectivity index (χ1) is 23.6. The lowest BCUT2D eigenvalue weighted by atomic mass is 9.70. The largest absolute Gasteiger partial charge is 0.463 e. The molecule has 0 radical (unpaired) electrons. The highest BCUT2D eigenvalue weighted by molar-refractivity contribution is 6.34. The lowest BCUT2D eigenvalue weighted by Gasteiger charge is -2.41. The number of anilines is 1. The topological polar surface area (TPSA) is 125 Å². The first kappa shape index (κ1) is 36.3. The van der Waals surface area contributed by atoms with Gasteiger partial charge in [0.15, 0.2) is 0 Å². The van der Waals surface area contributed by atoms with Gasteiger partial charge in [-0.2, -0.15) is 0 Å². The summed E-state index contributed by atoms with van der Waals surface area (Å²) in [5, 5.41) is 14.1. The molecule has 3 aliphatic heterocycles. The molecule has 0 aromatic heterocycles. The minimum absolute atomic E-state index is 0.101. The number of carbonyl (C=O) groups excluding carboxylic acids is 4. The zero-order valence-corrected chi connectivity index (χ0v) is 28.9. The number of likely N-dealkylation sites (tertiary alicyclic amines) is 1. The van der Waals surface area contributed by atoms with Crippen LogP contribution in [0.3, 0.4) is 0 Å². The number of nitrogens with zero attached hydrogens (tertiary/aromatic N) is 2. The number of hydrogen-bond donors (Lipinski definition) is 2. The van der Waals surface area contributed by atoms with E-state index in [1.165, 1.54) is 9.80 Å². The number of halogens is 1. The predicted octanol–water partition coefficient (Wildman–Crippen LogP) is 5.01. The Hall–Kier alpha value is -3.99. The average Bonchev–Trinajstić information content (AvgIpc) is 3.76. The monoisotopic (exact) mass is 691 g/mol. The summed E-state index contributed by atoms with van der Waals surface area (Å²) in [6.07, 6.45) is 4.75. The number of rotatable bonds is 16. The summed E-state index contributed by atoms with van der Waals surface area (Å²) >= 11 is 6.59. The number of aliphatic hydroxyl groups is 1. The van der Waals surface area contributed by atoms with Crippen molar-refractivity contribution in [2.75, 3.05) is 24.7 Å². The van der Waals surface area contributed by atoms with E-state index in [-0.39, 0.29) is 32.1 Å². The molecule has 0 aliphatic carbocycles. The fourth-order valence-corrected chi connectivity index (χ4v) is 7.98. The molecule has 8 atom stereocenters. The van der Waals surface area contributed by atoms with Crippen LogP contribution in [0.25, 0.3) is 0 Å². The Bertz CT molecular complexity index is 1550. The quantitative estimate of drug-likeness (QED) is 0.187. The van der Waals surface area contributed by atoms with Crippen LogP contribution >= 0.6 is 11.6 Å². The summed E-state index contributed by atoms with van der Waals surface area (Å²) in [6, 6.07) is 13.6. The average molecular weight is 692 g/mol. The van der Waals surface area contributed by atoms with Crippen molar-refractivity contribution in [3.8, 4) is 0 Å². The third-order valence-electron chi connectivity index (χ3n) is 10.3. The molecule has 49 heavy (non-hydrogen) atoms. The number of aliphatic hydroxyl groups excluding tert-OH is 1. The van der Waals surface area contributed by atoms with Gasteiger partial charge < -0.3 is 29.7 Å². The van der Waals surface area contributed by atoms with Crippen LogP contribution in [0.4, 0.5) is 5.69 Å². The van der Waals surface area contributed by atoms with Gasteiger partial charge in [-0.25, -0.2) is 0 Å². The van der Waals surface area contributed by atoms with E-state index in [9.17, 15) is 24.3 Å². The highest BCUT2D eigenvalue weighted by Gasteiger charge is 2.75. The van der Waals surface area contributed by atoms with Crippen molar-refractivity contribution >= 4 is 41.0 Å². The van der Waals surface area contributed by atoms with E-state index in [2.05, 4.69) is 18.5 Å². The van der Waals surface area contributed by atoms with Crippen LogP contribution in [-0.4, -0.2) is 77.2 Å². The predicted molar refractivity (Wildman–Crippen MR) is 186 cm³/mol. The third kappa shape index (κ3) is 6.91. The van der Waals surface area contributed by atoms with E-state index < -0.39 is 65.4 Å². The normalized spacial score (nSPS) is 25.6. The number of hydrogen-bond acceptors (Lipinski definition) is 7. The Morgan fingerprint density at radius 2 is 1.88 bits per heavy atom. The van der Waals surface area contributed by atoms with Crippen LogP contribution in [0, 0.1) is 17.8 Å². The van der Waals surface area contributed by atoms with E-state index in [4.69, 9.17) is 21.1 Å². The van der Waals surface area contributed by atoms with Gasteiger partial charge in [0.05, 0.1) is 47.3 Å². The van der Waals surface area contributed by atoms with Crippen LogP contribution in [0.1, 0.15) is 57.6 Å². The lowest BCUT2D eigenvalue weighted by molar-refractivity contribution is -0.147. The first-order valence-corrected chi connectivity index (χ1v) is 17.4. The van der Waals surface area contributed by atoms with Gasteiger partial charge in [0, 0.05) is 13.0 Å². The summed E-state index contributed by atoms with van der Waals surface area (Å²) < 4.78 is 12.2. The Kier molecular flexibility index (Phi) is 11.6. The number of nitrogens with one attached hydrogen (secondary N) is 1. The number of amides is 3. The summed E-state index contributed by atoms with van der Waals surface area (Å²) in [5.74, 6) is -3.69. The molecule has 3 saturated heterocycles. The molecule has 2 bridgehead atoms. The maximum atomic E-state index is 14.9. The summed E-state index contributed by atoms with van der Waals surface area (Å²) in [7, 11) is 0. The van der Waals surface area contributed by atoms with Gasteiger partial charge in [-0.3, -0.25) is 19.2 Å². The van der Waals surface area contributed by atoms with Crippen molar-refractivity contribution in [2.45, 2.75) is 75.8 Å². The number of allylic oxidation sites excluding steroid dienone is 1.